The molecule has 4 heteroatoms. The van der Waals surface area contributed by atoms with Gasteiger partial charge in [-0.25, -0.2) is 4.99 Å². The van der Waals surface area contributed by atoms with E-state index < -0.39 is 0 Å². The van der Waals surface area contributed by atoms with E-state index in [-0.39, 0.29) is 5.78 Å². The molecule has 0 spiro atoms. The van der Waals surface area contributed by atoms with Crippen molar-refractivity contribution in [3.05, 3.63) is 24.4 Å². The summed E-state index contributed by atoms with van der Waals surface area (Å²) in [6, 6.07) is 0. The minimum absolute atomic E-state index is 0.0940. The van der Waals surface area contributed by atoms with Crippen LogP contribution in [0.3, 0.4) is 0 Å². The van der Waals surface area contributed by atoms with Crippen LogP contribution in [0, 0.1) is 0 Å². The number of thioether (sulfide) groups is 1. The van der Waals surface area contributed by atoms with Gasteiger partial charge in [-0.05, 0) is 24.8 Å². The fourth-order valence-corrected chi connectivity index (χ4v) is 0.814. The number of allylic oxidation sites excluding steroid dienone is 2. The summed E-state index contributed by atoms with van der Waals surface area (Å²) in [4.78, 5) is 14.5. The summed E-state index contributed by atoms with van der Waals surface area (Å²) >= 11 is 1.37. The molecule has 0 aliphatic carbocycles. The Morgan fingerprint density at radius 3 is 2.77 bits per heavy atom. The average molecular weight is 198 g/mol. The molecule has 0 aromatic carbocycles. The molecule has 0 aromatic rings. The van der Waals surface area contributed by atoms with E-state index in [0.717, 1.165) is 5.57 Å². The molecule has 0 radical (unpaired) electrons. The predicted molar refractivity (Wildman–Crippen MR) is 58.7 cm³/mol. The van der Waals surface area contributed by atoms with Crippen LogP contribution in [0.5, 0.6) is 0 Å². The lowest BCUT2D eigenvalue weighted by molar-refractivity contribution is -0.116. The highest BCUT2D eigenvalue weighted by Gasteiger charge is 1.93. The number of hydrogen-bond acceptors (Lipinski definition) is 3. The van der Waals surface area contributed by atoms with Crippen LogP contribution in [0.15, 0.2) is 29.4 Å². The van der Waals surface area contributed by atoms with Gasteiger partial charge < -0.3 is 5.73 Å². The Labute approximate surface area is 82.8 Å². The third kappa shape index (κ3) is 7.33. The van der Waals surface area contributed by atoms with Crippen LogP contribution >= 0.6 is 11.8 Å². The van der Waals surface area contributed by atoms with Crippen LogP contribution < -0.4 is 5.73 Å². The van der Waals surface area contributed by atoms with Gasteiger partial charge in [-0.1, -0.05) is 18.3 Å². The summed E-state index contributed by atoms with van der Waals surface area (Å²) in [5, 5.41) is 0.492. The van der Waals surface area contributed by atoms with E-state index in [0.29, 0.717) is 11.6 Å². The summed E-state index contributed by atoms with van der Waals surface area (Å²) in [6.07, 6.45) is 5.45. The third-order valence-corrected chi connectivity index (χ3v) is 1.72. The molecule has 0 saturated heterocycles. The maximum absolute atomic E-state index is 10.6. The first-order valence-electron chi connectivity index (χ1n) is 3.77. The lowest BCUT2D eigenvalue weighted by Crippen LogP contribution is -2.03. The van der Waals surface area contributed by atoms with Crippen LogP contribution in [0.2, 0.25) is 0 Å². The fraction of sp³-hybridized carbons (Fsp3) is 0.333. The number of carbonyl (C=O) groups is 1. The number of ketones is 1. The monoisotopic (exact) mass is 198 g/mol. The first-order valence-corrected chi connectivity index (χ1v) is 4.99. The molecule has 0 atom stereocenters. The number of nitrogens with two attached hydrogens (primary N) is 1. The minimum atomic E-state index is 0.0940. The lowest BCUT2D eigenvalue weighted by atomic mass is 10.1. The van der Waals surface area contributed by atoms with E-state index in [1.54, 1.807) is 12.3 Å². The molecule has 0 aromatic heterocycles. The van der Waals surface area contributed by atoms with Gasteiger partial charge in [-0.3, -0.25) is 4.79 Å². The second kappa shape index (κ2) is 6.48. The van der Waals surface area contributed by atoms with Crippen molar-refractivity contribution in [2.24, 2.45) is 10.7 Å². The molecule has 0 aliphatic heterocycles. The summed E-state index contributed by atoms with van der Waals surface area (Å²) in [5.74, 6) is 0.0940. The van der Waals surface area contributed by atoms with E-state index in [1.165, 1.54) is 18.7 Å². The second-order valence-electron chi connectivity index (χ2n) is 2.52. The maximum atomic E-state index is 10.6. The van der Waals surface area contributed by atoms with Gasteiger partial charge in [-0.2, -0.15) is 0 Å². The largest absolute Gasteiger partial charge is 0.378 e. The van der Waals surface area contributed by atoms with Gasteiger partial charge in [0, 0.05) is 12.6 Å². The molecule has 0 aliphatic rings. The normalized spacial score (nSPS) is 12.0. The number of rotatable bonds is 4. The third-order valence-electron chi connectivity index (χ3n) is 1.20. The number of amidine groups is 1. The molecular weight excluding hydrogens is 184 g/mol. The molecule has 0 rings (SSSR count). The smallest absolute Gasteiger partial charge is 0.158 e. The summed E-state index contributed by atoms with van der Waals surface area (Å²) in [5.41, 5.74) is 6.17. The number of aliphatic imine (C=N–C) groups is 1. The Morgan fingerprint density at radius 1 is 1.69 bits per heavy atom. The van der Waals surface area contributed by atoms with Crippen molar-refractivity contribution >= 4 is 22.7 Å². The number of hydrogen-bond donors (Lipinski definition) is 1. The first kappa shape index (κ1) is 12.0. The Kier molecular flexibility index (Phi) is 5.97. The zero-order valence-electron chi connectivity index (χ0n) is 7.91. The highest BCUT2D eigenvalue weighted by molar-refractivity contribution is 8.13. The molecule has 3 nitrogen and oxygen atoms in total. The van der Waals surface area contributed by atoms with Gasteiger partial charge in [0.25, 0.3) is 0 Å². The number of carbonyl (C=O) groups excluding carboxylic acids is 1. The fourth-order valence-electron chi connectivity index (χ4n) is 0.648. The van der Waals surface area contributed by atoms with Crippen molar-refractivity contribution in [1.82, 2.24) is 0 Å². The van der Waals surface area contributed by atoms with Crippen LogP contribution in [0.1, 0.15) is 13.3 Å². The molecule has 0 bridgehead atoms. The van der Waals surface area contributed by atoms with Crippen LogP contribution in [-0.4, -0.2) is 17.2 Å². The van der Waals surface area contributed by atoms with Crippen molar-refractivity contribution in [2.45, 2.75) is 13.3 Å². The Morgan fingerprint density at radius 2 is 2.31 bits per heavy atom. The van der Waals surface area contributed by atoms with Crippen molar-refractivity contribution in [2.75, 3.05) is 6.26 Å². The van der Waals surface area contributed by atoms with E-state index in [4.69, 9.17) is 5.73 Å². The van der Waals surface area contributed by atoms with Crippen LogP contribution in [0.25, 0.3) is 0 Å². The summed E-state index contributed by atoms with van der Waals surface area (Å²) < 4.78 is 0. The lowest BCUT2D eigenvalue weighted by Gasteiger charge is -1.93. The molecule has 0 amide bonds. The average Bonchev–Trinajstić information content (AvgIpc) is 2.02. The van der Waals surface area contributed by atoms with Gasteiger partial charge in [0.05, 0.1) is 0 Å². The summed E-state index contributed by atoms with van der Waals surface area (Å²) in [7, 11) is 0. The highest BCUT2D eigenvalue weighted by atomic mass is 32.2. The van der Waals surface area contributed by atoms with E-state index in [1.807, 2.05) is 6.26 Å². The molecular formula is C9H14N2OS. The molecule has 13 heavy (non-hydrogen) atoms. The van der Waals surface area contributed by atoms with Crippen molar-refractivity contribution in [1.29, 1.82) is 0 Å². The highest BCUT2D eigenvalue weighted by Crippen LogP contribution is 2.01. The van der Waals surface area contributed by atoms with Crippen LogP contribution in [0.4, 0.5) is 0 Å². The topological polar surface area (TPSA) is 55.4 Å². The van der Waals surface area contributed by atoms with Gasteiger partial charge >= 0.3 is 0 Å². The Bertz CT molecular complexity index is 256. The zero-order chi connectivity index (χ0) is 10.3. The first-order chi connectivity index (χ1) is 6.06. The zero-order valence-corrected chi connectivity index (χ0v) is 8.73. The van der Waals surface area contributed by atoms with Crippen LogP contribution in [-0.2, 0) is 4.79 Å². The summed E-state index contributed by atoms with van der Waals surface area (Å²) in [6.45, 7) is 5.22. The van der Waals surface area contributed by atoms with Gasteiger partial charge in [0.2, 0.25) is 0 Å². The maximum Gasteiger partial charge on any atom is 0.158 e. The van der Waals surface area contributed by atoms with Gasteiger partial charge in [-0.15, -0.1) is 0 Å². The molecule has 0 fully saturated rings. The van der Waals surface area contributed by atoms with Crippen molar-refractivity contribution in [3.63, 3.8) is 0 Å². The van der Waals surface area contributed by atoms with Gasteiger partial charge in [0.15, 0.2) is 5.17 Å². The van der Waals surface area contributed by atoms with Gasteiger partial charge in [0.1, 0.15) is 5.78 Å². The molecule has 0 heterocycles. The quantitative estimate of drug-likeness (QED) is 0.425. The molecule has 72 valence electrons. The Hall–Kier alpha value is -1.03. The predicted octanol–water partition coefficient (Wildman–Crippen LogP) is 1.71. The van der Waals surface area contributed by atoms with E-state index in [9.17, 15) is 4.79 Å². The standard InChI is InChI=1S/C9H14N2OS/c1-7(6-8(2)12)4-5-11-9(10)13-3/h4-5H,1,6H2,2-3H3,(H2,10,11)/b5-4-. The van der Waals surface area contributed by atoms with E-state index >= 15 is 0 Å². The van der Waals surface area contributed by atoms with E-state index in [2.05, 4.69) is 11.6 Å². The Balaban J connectivity index is 3.98. The number of Topliss-reactive ketones (excluding diaryl/α,β-unsaturated/α-hetero) is 1. The number of nitrogens with zero attached hydrogens (tertiary/aromatic N) is 1. The SMILES string of the molecule is C=C(/C=C\N=C(/N)SC)CC(C)=O. The second-order valence-corrected chi connectivity index (χ2v) is 3.35. The molecule has 0 unspecified atom stereocenters. The minimum Gasteiger partial charge on any atom is -0.378 e. The van der Waals surface area contributed by atoms with Crippen molar-refractivity contribution in [3.8, 4) is 0 Å². The van der Waals surface area contributed by atoms with Crippen molar-refractivity contribution < 1.29 is 4.79 Å². The molecule has 2 N–H and O–H groups in total. The molecule has 0 saturated carbocycles.